The maximum atomic E-state index is 10.8. The van der Waals surface area contributed by atoms with E-state index in [1.165, 1.54) is 13.3 Å². The van der Waals surface area contributed by atoms with Crippen LogP contribution in [0.25, 0.3) is 0 Å². The van der Waals surface area contributed by atoms with Crippen molar-refractivity contribution in [1.82, 2.24) is 0 Å². The second kappa shape index (κ2) is 1.56. The lowest BCUT2D eigenvalue weighted by molar-refractivity contribution is -0.455. The van der Waals surface area contributed by atoms with Crippen molar-refractivity contribution in [3.05, 3.63) is 0 Å². The van der Waals surface area contributed by atoms with Crippen LogP contribution < -0.4 is 0 Å². The molecule has 2 bridgehead atoms. The first-order valence-electron chi connectivity index (χ1n) is 5.90. The van der Waals surface area contributed by atoms with Crippen LogP contribution in [-0.2, 0) is 9.53 Å². The largest absolute Gasteiger partial charge is 0.465 e. The van der Waals surface area contributed by atoms with Crippen LogP contribution in [0.2, 0.25) is 0 Å². The average molecular weight is 190 g/mol. The predicted molar refractivity (Wildman–Crippen MR) is 48.1 cm³/mol. The van der Waals surface area contributed by atoms with E-state index in [1.54, 1.807) is 0 Å². The van der Waals surface area contributed by atoms with E-state index in [1.807, 2.05) is 0 Å². The lowest BCUT2D eigenvalue weighted by Crippen LogP contribution is -2.89. The zero-order valence-corrected chi connectivity index (χ0v) is 8.27. The van der Waals surface area contributed by atoms with Gasteiger partial charge in [0.25, 0.3) is 0 Å². The molecule has 8 atom stereocenters. The molecule has 6 aliphatic carbocycles. The number of ether oxygens (including phenoxy) is 1. The van der Waals surface area contributed by atoms with Crippen molar-refractivity contribution in [3.8, 4) is 0 Å². The number of hydrogen-bond acceptors (Lipinski definition) is 2. The number of esters is 1. The molecule has 0 heterocycles. The SMILES string of the molecule is CC(=O)OCC12C3[C@@H]4C5CC([C@H]41)[C@H]2[C@@H]53. The smallest absolute Gasteiger partial charge is 0.302 e. The lowest BCUT2D eigenvalue weighted by Gasteiger charge is -2.90. The standard InChI is InChI=1S/C12H14O2/c1-4(13)14-3-12-9-6-2-5-7(9)11(12)8(5)10(6)12/h5-11H,2-3H2,1H3/t5?,6?,7-,8-,9-,10+,11?,12?/m1/s1. The normalized spacial score (nSPS) is 72.5. The highest BCUT2D eigenvalue weighted by Gasteiger charge is 2.97. The van der Waals surface area contributed by atoms with Crippen LogP contribution in [0.3, 0.4) is 0 Å². The number of carbonyl (C=O) groups is 1. The van der Waals surface area contributed by atoms with Gasteiger partial charge in [-0.05, 0) is 47.8 Å². The van der Waals surface area contributed by atoms with Gasteiger partial charge in [-0.1, -0.05) is 0 Å². The van der Waals surface area contributed by atoms with Crippen molar-refractivity contribution in [1.29, 1.82) is 0 Å². The van der Waals surface area contributed by atoms with Crippen LogP contribution in [0.1, 0.15) is 13.3 Å². The highest BCUT2D eigenvalue weighted by molar-refractivity contribution is 5.66. The minimum Gasteiger partial charge on any atom is -0.465 e. The van der Waals surface area contributed by atoms with Crippen molar-refractivity contribution in [2.45, 2.75) is 13.3 Å². The van der Waals surface area contributed by atoms with E-state index in [4.69, 9.17) is 4.74 Å². The van der Waals surface area contributed by atoms with Gasteiger partial charge in [-0.2, -0.15) is 0 Å². The molecular formula is C12H14O2. The molecule has 0 aliphatic heterocycles. The van der Waals surface area contributed by atoms with Crippen LogP contribution >= 0.6 is 0 Å². The summed E-state index contributed by atoms with van der Waals surface area (Å²) in [6.07, 6.45) is 1.53. The van der Waals surface area contributed by atoms with Gasteiger partial charge in [-0.15, -0.1) is 0 Å². The molecule has 4 unspecified atom stereocenters. The molecule has 0 aromatic heterocycles. The Labute approximate surface area is 83.0 Å². The fourth-order valence-corrected chi connectivity index (χ4v) is 6.65. The average Bonchev–Trinajstić information content (AvgIpc) is 2.40. The monoisotopic (exact) mass is 190 g/mol. The third kappa shape index (κ3) is 0.356. The van der Waals surface area contributed by atoms with Crippen LogP contribution in [0.15, 0.2) is 0 Å². The summed E-state index contributed by atoms with van der Waals surface area (Å²) in [5.74, 6) is 7.27. The molecule has 6 fully saturated rings. The van der Waals surface area contributed by atoms with Gasteiger partial charge in [-0.3, -0.25) is 4.79 Å². The van der Waals surface area contributed by atoms with Gasteiger partial charge >= 0.3 is 5.97 Å². The summed E-state index contributed by atoms with van der Waals surface area (Å²) in [6.45, 7) is 2.30. The first kappa shape index (κ1) is 6.86. The zero-order valence-electron chi connectivity index (χ0n) is 8.27. The molecule has 0 aromatic carbocycles. The van der Waals surface area contributed by atoms with Crippen molar-refractivity contribution >= 4 is 5.97 Å². The Hall–Kier alpha value is -0.530. The molecule has 0 spiro atoms. The van der Waals surface area contributed by atoms with E-state index in [0.29, 0.717) is 5.41 Å². The van der Waals surface area contributed by atoms with E-state index in [2.05, 4.69) is 0 Å². The van der Waals surface area contributed by atoms with Crippen molar-refractivity contribution < 1.29 is 9.53 Å². The Morgan fingerprint density at radius 2 is 2.00 bits per heavy atom. The number of hydrogen-bond donors (Lipinski definition) is 0. The molecule has 2 nitrogen and oxygen atoms in total. The summed E-state index contributed by atoms with van der Waals surface area (Å²) in [5, 5.41) is 0. The summed E-state index contributed by atoms with van der Waals surface area (Å²) in [7, 11) is 0. The Kier molecular flexibility index (Phi) is 0.763. The summed E-state index contributed by atoms with van der Waals surface area (Å²) in [4.78, 5) is 10.8. The molecule has 14 heavy (non-hydrogen) atoms. The van der Waals surface area contributed by atoms with E-state index >= 15 is 0 Å². The summed E-state index contributed by atoms with van der Waals surface area (Å²) in [6, 6.07) is 0. The summed E-state index contributed by atoms with van der Waals surface area (Å²) < 4.78 is 5.27. The molecule has 0 radical (unpaired) electrons. The predicted octanol–water partition coefficient (Wildman–Crippen LogP) is 1.31. The third-order valence-corrected chi connectivity index (χ3v) is 6.50. The Morgan fingerprint density at radius 1 is 1.29 bits per heavy atom. The fraction of sp³-hybridized carbons (Fsp3) is 0.917. The summed E-state index contributed by atoms with van der Waals surface area (Å²) >= 11 is 0. The minimum atomic E-state index is -0.0858. The minimum absolute atomic E-state index is 0.0858. The highest BCUT2D eigenvalue weighted by Crippen LogP contribution is 2.99. The molecule has 0 saturated heterocycles. The highest BCUT2D eigenvalue weighted by atomic mass is 16.5. The van der Waals surface area contributed by atoms with Crippen molar-refractivity contribution in [3.63, 3.8) is 0 Å². The first-order chi connectivity index (χ1) is 6.77. The van der Waals surface area contributed by atoms with Gasteiger partial charge in [0, 0.05) is 12.3 Å². The molecule has 0 amide bonds. The van der Waals surface area contributed by atoms with Crippen LogP contribution in [-0.4, -0.2) is 12.6 Å². The molecule has 74 valence electrons. The molecule has 6 saturated carbocycles. The Balaban J connectivity index is 1.47. The molecular weight excluding hydrogens is 176 g/mol. The second-order valence-corrected chi connectivity index (χ2v) is 6.19. The molecule has 0 N–H and O–H groups in total. The van der Waals surface area contributed by atoms with Gasteiger partial charge in [0.15, 0.2) is 0 Å². The van der Waals surface area contributed by atoms with E-state index in [0.717, 1.165) is 48.0 Å². The number of carbonyl (C=O) groups excluding carboxylic acids is 1. The number of rotatable bonds is 2. The maximum Gasteiger partial charge on any atom is 0.302 e. The lowest BCUT2D eigenvalue weighted by atomic mass is 9.13. The molecule has 0 aromatic rings. The van der Waals surface area contributed by atoms with Gasteiger partial charge in [0.1, 0.15) is 0 Å². The van der Waals surface area contributed by atoms with E-state index < -0.39 is 0 Å². The second-order valence-electron chi connectivity index (χ2n) is 6.19. The van der Waals surface area contributed by atoms with E-state index in [-0.39, 0.29) is 5.97 Å². The summed E-state index contributed by atoms with van der Waals surface area (Å²) in [5.41, 5.74) is 0.540. The fourth-order valence-electron chi connectivity index (χ4n) is 6.65. The van der Waals surface area contributed by atoms with Gasteiger partial charge in [0.05, 0.1) is 6.61 Å². The van der Waals surface area contributed by atoms with Crippen LogP contribution in [0, 0.1) is 46.8 Å². The van der Waals surface area contributed by atoms with Gasteiger partial charge in [-0.25, -0.2) is 0 Å². The third-order valence-electron chi connectivity index (χ3n) is 6.50. The molecule has 6 aliphatic rings. The zero-order chi connectivity index (χ0) is 9.24. The van der Waals surface area contributed by atoms with E-state index in [9.17, 15) is 4.79 Å². The molecule has 2 heteroatoms. The van der Waals surface area contributed by atoms with Crippen LogP contribution in [0.4, 0.5) is 0 Å². The first-order valence-corrected chi connectivity index (χ1v) is 5.90. The maximum absolute atomic E-state index is 10.8. The molecule has 6 rings (SSSR count). The quantitative estimate of drug-likeness (QED) is 0.614. The van der Waals surface area contributed by atoms with Gasteiger partial charge < -0.3 is 4.74 Å². The van der Waals surface area contributed by atoms with Crippen LogP contribution in [0.5, 0.6) is 0 Å². The topological polar surface area (TPSA) is 26.3 Å². The van der Waals surface area contributed by atoms with Crippen molar-refractivity contribution in [2.24, 2.45) is 46.8 Å². The van der Waals surface area contributed by atoms with Crippen molar-refractivity contribution in [2.75, 3.05) is 6.61 Å². The Bertz CT molecular complexity index is 351. The van der Waals surface area contributed by atoms with Gasteiger partial charge in [0.2, 0.25) is 0 Å². The Morgan fingerprint density at radius 3 is 2.57 bits per heavy atom.